The lowest BCUT2D eigenvalue weighted by molar-refractivity contribution is -0.143. The standard InChI is InChI=1S/C23H30N2O4/c1-3-29-22(26)15-5-4-10-16-28-17-18-11-6-9-14-21(18)25(2)23(27)19-12-7-8-13-20(19)24/h6-9,11-14H,3-5,10,15-17,24H2,1-2H3. The van der Waals surface area contributed by atoms with Crippen LogP contribution in [0, 0.1) is 0 Å². The van der Waals surface area contributed by atoms with Gasteiger partial charge in [-0.3, -0.25) is 9.59 Å². The summed E-state index contributed by atoms with van der Waals surface area (Å²) in [5.41, 5.74) is 8.62. The lowest BCUT2D eigenvalue weighted by Crippen LogP contribution is -2.28. The molecule has 0 unspecified atom stereocenters. The van der Waals surface area contributed by atoms with E-state index >= 15 is 0 Å². The predicted octanol–water partition coefficient (Wildman–Crippen LogP) is 4.19. The fourth-order valence-electron chi connectivity index (χ4n) is 3.01. The maximum absolute atomic E-state index is 12.8. The number of ether oxygens (including phenoxy) is 2. The van der Waals surface area contributed by atoms with Gasteiger partial charge in [0.1, 0.15) is 0 Å². The third-order valence-corrected chi connectivity index (χ3v) is 4.58. The van der Waals surface area contributed by atoms with E-state index < -0.39 is 0 Å². The fourth-order valence-corrected chi connectivity index (χ4v) is 3.01. The maximum atomic E-state index is 12.8. The summed E-state index contributed by atoms with van der Waals surface area (Å²) in [6.07, 6.45) is 3.03. The van der Waals surface area contributed by atoms with Crippen LogP contribution in [-0.4, -0.2) is 32.1 Å². The molecule has 2 aromatic rings. The topological polar surface area (TPSA) is 81.9 Å². The molecule has 2 N–H and O–H groups in total. The molecule has 156 valence electrons. The van der Waals surface area contributed by atoms with Gasteiger partial charge in [-0.1, -0.05) is 36.8 Å². The first-order valence-electron chi connectivity index (χ1n) is 9.98. The number of hydrogen-bond donors (Lipinski definition) is 1. The van der Waals surface area contributed by atoms with E-state index in [1.165, 1.54) is 0 Å². The zero-order chi connectivity index (χ0) is 21.1. The number of carbonyl (C=O) groups is 2. The van der Waals surface area contributed by atoms with Crippen LogP contribution in [-0.2, 0) is 20.9 Å². The van der Waals surface area contributed by atoms with Gasteiger partial charge in [0.05, 0.1) is 18.8 Å². The second-order valence-electron chi connectivity index (χ2n) is 6.75. The first-order chi connectivity index (χ1) is 14.0. The SMILES string of the molecule is CCOC(=O)CCCCCOCc1ccccc1N(C)C(=O)c1ccccc1N. The van der Waals surface area contributed by atoms with Gasteiger partial charge in [0.2, 0.25) is 0 Å². The van der Waals surface area contributed by atoms with Gasteiger partial charge in [-0.05, 0) is 38.0 Å². The van der Waals surface area contributed by atoms with Crippen molar-refractivity contribution in [1.29, 1.82) is 0 Å². The lowest BCUT2D eigenvalue weighted by atomic mass is 10.1. The number of benzene rings is 2. The molecule has 0 aliphatic heterocycles. The molecule has 0 fully saturated rings. The van der Waals surface area contributed by atoms with Crippen LogP contribution in [0.3, 0.4) is 0 Å². The van der Waals surface area contributed by atoms with E-state index in [-0.39, 0.29) is 11.9 Å². The molecule has 0 radical (unpaired) electrons. The van der Waals surface area contributed by atoms with Crippen LogP contribution in [0.5, 0.6) is 0 Å². The molecule has 1 amide bonds. The Balaban J connectivity index is 1.85. The average Bonchev–Trinajstić information content (AvgIpc) is 2.73. The van der Waals surface area contributed by atoms with E-state index in [1.54, 1.807) is 36.2 Å². The largest absolute Gasteiger partial charge is 0.466 e. The molecule has 0 aliphatic rings. The molecule has 0 spiro atoms. The zero-order valence-electron chi connectivity index (χ0n) is 17.2. The van der Waals surface area contributed by atoms with E-state index in [1.807, 2.05) is 31.2 Å². The van der Waals surface area contributed by atoms with Crippen molar-refractivity contribution in [2.45, 2.75) is 39.2 Å². The first kappa shape index (κ1) is 22.4. The quantitative estimate of drug-likeness (QED) is 0.349. The molecular weight excluding hydrogens is 368 g/mol. The summed E-state index contributed by atoms with van der Waals surface area (Å²) in [5.74, 6) is -0.302. The van der Waals surface area contributed by atoms with Crippen LogP contribution in [0.25, 0.3) is 0 Å². The Labute approximate surface area is 172 Å². The van der Waals surface area contributed by atoms with Gasteiger partial charge < -0.3 is 20.1 Å². The number of nitrogens with zero attached hydrogens (tertiary/aromatic N) is 1. The molecule has 0 heterocycles. The highest BCUT2D eigenvalue weighted by Crippen LogP contribution is 2.23. The van der Waals surface area contributed by atoms with Crippen molar-refractivity contribution >= 4 is 23.3 Å². The first-order valence-corrected chi connectivity index (χ1v) is 9.98. The molecule has 29 heavy (non-hydrogen) atoms. The number of carbonyl (C=O) groups excluding carboxylic acids is 2. The summed E-state index contributed by atoms with van der Waals surface area (Å²) >= 11 is 0. The predicted molar refractivity (Wildman–Crippen MR) is 115 cm³/mol. The van der Waals surface area contributed by atoms with Crippen LogP contribution in [0.4, 0.5) is 11.4 Å². The van der Waals surface area contributed by atoms with E-state index in [4.69, 9.17) is 15.2 Å². The monoisotopic (exact) mass is 398 g/mol. The summed E-state index contributed by atoms with van der Waals surface area (Å²) < 4.78 is 10.7. The minimum atomic E-state index is -0.158. The minimum absolute atomic E-state index is 0.144. The van der Waals surface area contributed by atoms with Gasteiger partial charge in [-0.15, -0.1) is 0 Å². The van der Waals surface area contributed by atoms with Gasteiger partial charge in [0.25, 0.3) is 5.91 Å². The van der Waals surface area contributed by atoms with Crippen molar-refractivity contribution < 1.29 is 19.1 Å². The molecule has 6 heteroatoms. The Morgan fingerprint density at radius 3 is 2.48 bits per heavy atom. The third kappa shape index (κ3) is 6.91. The Morgan fingerprint density at radius 1 is 1.00 bits per heavy atom. The number of anilines is 2. The second kappa shape index (κ2) is 11.9. The van der Waals surface area contributed by atoms with E-state index in [9.17, 15) is 9.59 Å². The van der Waals surface area contributed by atoms with Crippen molar-refractivity contribution in [2.75, 3.05) is 30.9 Å². The number of nitrogens with two attached hydrogens (primary N) is 1. The number of unbranched alkanes of at least 4 members (excludes halogenated alkanes) is 2. The van der Waals surface area contributed by atoms with E-state index in [2.05, 4.69) is 0 Å². The zero-order valence-corrected chi connectivity index (χ0v) is 17.2. The third-order valence-electron chi connectivity index (χ3n) is 4.58. The van der Waals surface area contributed by atoms with Crippen LogP contribution >= 0.6 is 0 Å². The normalized spacial score (nSPS) is 10.6. The highest BCUT2D eigenvalue weighted by Gasteiger charge is 2.18. The summed E-state index contributed by atoms with van der Waals surface area (Å²) in [4.78, 5) is 25.7. The number of nitrogen functional groups attached to an aromatic ring is 1. The Morgan fingerprint density at radius 2 is 1.72 bits per heavy atom. The van der Waals surface area contributed by atoms with Crippen LogP contribution < -0.4 is 10.6 Å². The highest BCUT2D eigenvalue weighted by atomic mass is 16.5. The minimum Gasteiger partial charge on any atom is -0.466 e. The van der Waals surface area contributed by atoms with Crippen molar-refractivity contribution in [2.24, 2.45) is 0 Å². The summed E-state index contributed by atoms with van der Waals surface area (Å²) in [6, 6.07) is 14.7. The number of para-hydroxylation sites is 2. The smallest absolute Gasteiger partial charge is 0.305 e. The molecule has 0 aliphatic carbocycles. The van der Waals surface area contributed by atoms with Gasteiger partial charge in [-0.2, -0.15) is 0 Å². The van der Waals surface area contributed by atoms with Crippen molar-refractivity contribution in [3.05, 3.63) is 59.7 Å². The van der Waals surface area contributed by atoms with Crippen LogP contribution in [0.15, 0.2) is 48.5 Å². The van der Waals surface area contributed by atoms with Crippen molar-refractivity contribution in [1.82, 2.24) is 0 Å². The lowest BCUT2D eigenvalue weighted by Gasteiger charge is -2.21. The molecular formula is C23H30N2O4. The molecule has 2 rings (SSSR count). The number of amides is 1. The highest BCUT2D eigenvalue weighted by molar-refractivity contribution is 6.09. The Hall–Kier alpha value is -2.86. The fraction of sp³-hybridized carbons (Fsp3) is 0.391. The average molecular weight is 399 g/mol. The van der Waals surface area contributed by atoms with Crippen LogP contribution in [0.1, 0.15) is 48.5 Å². The van der Waals surface area contributed by atoms with Crippen molar-refractivity contribution in [3.8, 4) is 0 Å². The van der Waals surface area contributed by atoms with E-state index in [0.717, 1.165) is 30.5 Å². The Kier molecular flexibility index (Phi) is 9.18. The second-order valence-corrected chi connectivity index (χ2v) is 6.75. The summed E-state index contributed by atoms with van der Waals surface area (Å²) in [5, 5.41) is 0. The Bertz CT molecular complexity index is 807. The number of rotatable bonds is 11. The van der Waals surface area contributed by atoms with Gasteiger partial charge in [-0.25, -0.2) is 0 Å². The molecule has 6 nitrogen and oxygen atoms in total. The number of hydrogen-bond acceptors (Lipinski definition) is 5. The van der Waals surface area contributed by atoms with E-state index in [0.29, 0.717) is 37.5 Å². The van der Waals surface area contributed by atoms with Gasteiger partial charge >= 0.3 is 5.97 Å². The van der Waals surface area contributed by atoms with Crippen molar-refractivity contribution in [3.63, 3.8) is 0 Å². The molecule has 0 aromatic heterocycles. The molecule has 2 aromatic carbocycles. The van der Waals surface area contributed by atoms with Gasteiger partial charge in [0, 0.05) is 37.0 Å². The summed E-state index contributed by atoms with van der Waals surface area (Å²) in [7, 11) is 1.74. The summed E-state index contributed by atoms with van der Waals surface area (Å²) in [6.45, 7) is 3.24. The molecule has 0 bridgehead atoms. The van der Waals surface area contributed by atoms with Gasteiger partial charge in [0.15, 0.2) is 0 Å². The molecule has 0 atom stereocenters. The maximum Gasteiger partial charge on any atom is 0.305 e. The molecule has 0 saturated heterocycles. The van der Waals surface area contributed by atoms with Crippen LogP contribution in [0.2, 0.25) is 0 Å². The molecule has 0 saturated carbocycles. The number of esters is 1.